The largest absolute Gasteiger partial charge is 0.494 e. The van der Waals surface area contributed by atoms with Crippen LogP contribution in [0.25, 0.3) is 22.2 Å². The van der Waals surface area contributed by atoms with Crippen LogP contribution in [0.1, 0.15) is 35.5 Å². The lowest BCUT2D eigenvalue weighted by Gasteiger charge is -2.10. The summed E-state index contributed by atoms with van der Waals surface area (Å²) in [4.78, 5) is 18.8. The minimum atomic E-state index is -0.288. The van der Waals surface area contributed by atoms with E-state index >= 15 is 0 Å². The van der Waals surface area contributed by atoms with Gasteiger partial charge in [0, 0.05) is 10.9 Å². The molecule has 0 atom stereocenters. The molecule has 0 saturated carbocycles. The Hall–Kier alpha value is -3.22. The number of benzene rings is 2. The molecule has 0 aliphatic heterocycles. The fourth-order valence-corrected chi connectivity index (χ4v) is 4.46. The van der Waals surface area contributed by atoms with E-state index < -0.39 is 0 Å². The lowest BCUT2D eigenvalue weighted by atomic mass is 10.0. The fourth-order valence-electron chi connectivity index (χ4n) is 3.36. The molecule has 0 radical (unpaired) electrons. The van der Waals surface area contributed by atoms with Crippen LogP contribution >= 0.6 is 22.9 Å². The molecule has 2 aromatic carbocycles. The third kappa shape index (κ3) is 4.82. The van der Waals surface area contributed by atoms with E-state index in [1.165, 1.54) is 11.3 Å². The van der Waals surface area contributed by atoms with Gasteiger partial charge >= 0.3 is 0 Å². The molecular weight excluding hydrogens is 442 g/mol. The van der Waals surface area contributed by atoms with Crippen molar-refractivity contribution in [3.8, 4) is 17.0 Å². The maximum Gasteiger partial charge on any atom is 0.272 e. The van der Waals surface area contributed by atoms with E-state index in [0.717, 1.165) is 32.8 Å². The first-order valence-corrected chi connectivity index (χ1v) is 11.5. The highest BCUT2D eigenvalue weighted by Gasteiger charge is 2.14. The van der Waals surface area contributed by atoms with E-state index in [0.29, 0.717) is 28.6 Å². The molecule has 162 valence electrons. The van der Waals surface area contributed by atoms with Crippen molar-refractivity contribution in [2.45, 2.75) is 20.3 Å². The lowest BCUT2D eigenvalue weighted by molar-refractivity contribution is 0.0956. The van der Waals surface area contributed by atoms with Gasteiger partial charge in [-0.05, 0) is 61.9 Å². The maximum atomic E-state index is 13.1. The normalized spacial score (nSPS) is 11.5. The molecule has 32 heavy (non-hydrogen) atoms. The van der Waals surface area contributed by atoms with Gasteiger partial charge in [0.15, 0.2) is 0 Å². The first kappa shape index (κ1) is 22.0. The van der Waals surface area contributed by atoms with Crippen LogP contribution in [0.3, 0.4) is 0 Å². The molecule has 5 nitrogen and oxygen atoms in total. The van der Waals surface area contributed by atoms with E-state index in [2.05, 4.69) is 10.5 Å². The number of fused-ring (bicyclic) bond motifs is 1. The molecule has 4 aromatic rings. The summed E-state index contributed by atoms with van der Waals surface area (Å²) in [6.45, 7) is 4.55. The standard InChI is InChI=1S/C25H22ClN3O2S/c1-3-20(23-13-14-24(26)32-23)28-29-25(30)19-15-22(27-21-8-6-5-7-18(19)21)16-9-11-17(12-10-16)31-4-2/h5-15H,3-4H2,1-2H3,(H,29,30)/b28-20+. The van der Waals surface area contributed by atoms with Crippen molar-refractivity contribution in [1.82, 2.24) is 10.4 Å². The molecule has 0 bridgehead atoms. The van der Waals surface area contributed by atoms with Crippen LogP contribution in [0.5, 0.6) is 5.75 Å². The van der Waals surface area contributed by atoms with Crippen LogP contribution in [0.2, 0.25) is 4.34 Å². The van der Waals surface area contributed by atoms with Gasteiger partial charge in [0.1, 0.15) is 5.75 Å². The van der Waals surface area contributed by atoms with Gasteiger partial charge < -0.3 is 4.74 Å². The van der Waals surface area contributed by atoms with Gasteiger partial charge in [-0.15, -0.1) is 11.3 Å². The molecule has 0 saturated heterocycles. The number of carbonyl (C=O) groups excluding carboxylic acids is 1. The maximum absolute atomic E-state index is 13.1. The van der Waals surface area contributed by atoms with Crippen LogP contribution in [-0.4, -0.2) is 23.2 Å². The number of amides is 1. The minimum absolute atomic E-state index is 0.288. The van der Waals surface area contributed by atoms with E-state index in [9.17, 15) is 4.79 Å². The second kappa shape index (κ2) is 9.94. The highest BCUT2D eigenvalue weighted by atomic mass is 35.5. The summed E-state index contributed by atoms with van der Waals surface area (Å²) in [5, 5.41) is 5.15. The molecule has 1 amide bonds. The van der Waals surface area contributed by atoms with Crippen LogP contribution in [0.15, 0.2) is 71.8 Å². The summed E-state index contributed by atoms with van der Waals surface area (Å²) < 4.78 is 6.21. The molecular formula is C25H22ClN3O2S. The number of carbonyl (C=O) groups is 1. The lowest BCUT2D eigenvalue weighted by Crippen LogP contribution is -2.20. The molecule has 1 N–H and O–H groups in total. The number of nitrogens with one attached hydrogen (secondary N) is 1. The monoisotopic (exact) mass is 463 g/mol. The molecule has 2 heterocycles. The molecule has 7 heteroatoms. The van der Waals surface area contributed by atoms with Gasteiger partial charge in [-0.3, -0.25) is 4.79 Å². The number of hydrogen-bond acceptors (Lipinski definition) is 5. The second-order valence-corrected chi connectivity index (χ2v) is 8.70. The Morgan fingerprint density at radius 2 is 1.88 bits per heavy atom. The van der Waals surface area contributed by atoms with Crippen molar-refractivity contribution < 1.29 is 9.53 Å². The Bertz CT molecular complexity index is 1280. The number of rotatable bonds is 7. The fraction of sp³-hybridized carbons (Fsp3) is 0.160. The summed E-state index contributed by atoms with van der Waals surface area (Å²) in [5.41, 5.74) is 6.37. The zero-order valence-corrected chi connectivity index (χ0v) is 19.3. The van der Waals surface area contributed by atoms with Crippen LogP contribution < -0.4 is 10.2 Å². The number of pyridine rings is 1. The van der Waals surface area contributed by atoms with Gasteiger partial charge in [-0.25, -0.2) is 10.4 Å². The van der Waals surface area contributed by atoms with E-state index in [1.807, 2.05) is 74.5 Å². The SMILES string of the molecule is CCOc1ccc(-c2cc(C(=O)N/N=C(\CC)c3ccc(Cl)s3)c3ccccc3n2)cc1. The first-order valence-electron chi connectivity index (χ1n) is 10.3. The van der Waals surface area contributed by atoms with E-state index in [-0.39, 0.29) is 5.91 Å². The predicted octanol–water partition coefficient (Wildman–Crippen LogP) is 6.56. The topological polar surface area (TPSA) is 63.6 Å². The highest BCUT2D eigenvalue weighted by molar-refractivity contribution is 7.18. The Kier molecular flexibility index (Phi) is 6.83. The predicted molar refractivity (Wildman–Crippen MR) is 132 cm³/mol. The molecule has 0 fully saturated rings. The molecule has 4 rings (SSSR count). The number of aromatic nitrogens is 1. The van der Waals surface area contributed by atoms with Gasteiger partial charge in [-0.2, -0.15) is 5.10 Å². The van der Waals surface area contributed by atoms with Crippen LogP contribution in [-0.2, 0) is 0 Å². The van der Waals surface area contributed by atoms with Crippen molar-refractivity contribution in [3.63, 3.8) is 0 Å². The number of halogens is 1. The van der Waals surface area contributed by atoms with Gasteiger partial charge in [0.25, 0.3) is 5.91 Å². The van der Waals surface area contributed by atoms with Crippen molar-refractivity contribution >= 4 is 45.5 Å². The van der Waals surface area contributed by atoms with E-state index in [1.54, 1.807) is 6.07 Å². The minimum Gasteiger partial charge on any atom is -0.494 e. The first-order chi connectivity index (χ1) is 15.6. The van der Waals surface area contributed by atoms with Gasteiger partial charge in [-0.1, -0.05) is 36.7 Å². The Balaban J connectivity index is 1.69. The molecule has 0 spiro atoms. The number of nitrogens with zero attached hydrogens (tertiary/aromatic N) is 2. The average Bonchev–Trinajstić information content (AvgIpc) is 3.25. The number of hydrazone groups is 1. The summed E-state index contributed by atoms with van der Waals surface area (Å²) in [6.07, 6.45) is 0.672. The van der Waals surface area contributed by atoms with Gasteiger partial charge in [0.05, 0.1) is 38.3 Å². The number of ether oxygens (including phenoxy) is 1. The summed E-state index contributed by atoms with van der Waals surface area (Å²) >= 11 is 7.49. The number of para-hydroxylation sites is 1. The van der Waals surface area contributed by atoms with Crippen molar-refractivity contribution in [3.05, 3.63) is 81.5 Å². The highest BCUT2D eigenvalue weighted by Crippen LogP contribution is 2.27. The number of thiophene rings is 1. The zero-order valence-electron chi connectivity index (χ0n) is 17.8. The number of hydrogen-bond donors (Lipinski definition) is 1. The molecule has 0 unspecified atom stereocenters. The zero-order chi connectivity index (χ0) is 22.5. The van der Waals surface area contributed by atoms with Crippen molar-refractivity contribution in [2.75, 3.05) is 6.61 Å². The quantitative estimate of drug-likeness (QED) is 0.249. The second-order valence-electron chi connectivity index (χ2n) is 6.99. The third-order valence-electron chi connectivity index (χ3n) is 4.91. The Morgan fingerprint density at radius 1 is 1.09 bits per heavy atom. The summed E-state index contributed by atoms with van der Waals surface area (Å²) in [7, 11) is 0. The van der Waals surface area contributed by atoms with E-state index in [4.69, 9.17) is 21.3 Å². The third-order valence-corrected chi connectivity index (χ3v) is 6.19. The van der Waals surface area contributed by atoms with Gasteiger partial charge in [0.2, 0.25) is 0 Å². The Morgan fingerprint density at radius 3 is 2.56 bits per heavy atom. The summed E-state index contributed by atoms with van der Waals surface area (Å²) in [6, 6.07) is 20.8. The molecule has 0 aliphatic rings. The van der Waals surface area contributed by atoms with Crippen molar-refractivity contribution in [2.24, 2.45) is 5.10 Å². The smallest absolute Gasteiger partial charge is 0.272 e. The summed E-state index contributed by atoms with van der Waals surface area (Å²) in [5.74, 6) is 0.509. The van der Waals surface area contributed by atoms with Crippen molar-refractivity contribution in [1.29, 1.82) is 0 Å². The molecule has 2 aromatic heterocycles. The van der Waals surface area contributed by atoms with Crippen LogP contribution in [0, 0.1) is 0 Å². The Labute approximate surface area is 195 Å². The average molecular weight is 464 g/mol. The van der Waals surface area contributed by atoms with Crippen LogP contribution in [0.4, 0.5) is 0 Å². The molecule has 0 aliphatic carbocycles.